The molecule has 8 heteroatoms. The topological polar surface area (TPSA) is 92.5 Å². The zero-order chi connectivity index (χ0) is 18.1. The van der Waals surface area contributed by atoms with Crippen LogP contribution < -0.4 is 11.1 Å². The normalized spacial score (nSPS) is 20.6. The van der Waals surface area contributed by atoms with Crippen LogP contribution in [0.15, 0.2) is 23.1 Å². The van der Waals surface area contributed by atoms with E-state index in [2.05, 4.69) is 5.32 Å². The number of amides is 1. The van der Waals surface area contributed by atoms with Gasteiger partial charge in [0.2, 0.25) is 15.9 Å². The molecule has 1 saturated carbocycles. The minimum Gasteiger partial charge on any atom is -0.328 e. The van der Waals surface area contributed by atoms with Gasteiger partial charge in [-0.15, -0.1) is 12.4 Å². The van der Waals surface area contributed by atoms with E-state index in [0.29, 0.717) is 12.1 Å². The molecule has 1 aliphatic carbocycles. The number of benzene rings is 1. The summed E-state index contributed by atoms with van der Waals surface area (Å²) in [5.41, 5.74) is 7.24. The minimum atomic E-state index is -3.58. The number of anilines is 1. The maximum Gasteiger partial charge on any atom is 0.243 e. The van der Waals surface area contributed by atoms with E-state index in [0.717, 1.165) is 18.4 Å². The maximum absolute atomic E-state index is 12.6. The number of nitrogens with two attached hydrogens (primary N) is 1. The van der Waals surface area contributed by atoms with Gasteiger partial charge in [0.1, 0.15) is 0 Å². The van der Waals surface area contributed by atoms with Crippen molar-refractivity contribution in [2.45, 2.75) is 57.0 Å². The molecule has 0 heterocycles. The second-order valence-corrected chi connectivity index (χ2v) is 8.85. The van der Waals surface area contributed by atoms with Gasteiger partial charge in [0.25, 0.3) is 0 Å². The Balaban J connectivity index is 0.00000312. The SMILES string of the molecule is Cc1ccc(S(=O)(=O)N(C)C(C)C)cc1NC(=O)C1CCC(N)C1.Cl. The number of halogens is 1. The van der Waals surface area contributed by atoms with Crippen molar-refractivity contribution in [2.75, 3.05) is 12.4 Å². The highest BCUT2D eigenvalue weighted by atomic mass is 35.5. The third-order valence-electron chi connectivity index (χ3n) is 4.72. The molecule has 2 atom stereocenters. The molecule has 0 saturated heterocycles. The number of carbonyl (C=O) groups excluding carboxylic acids is 1. The first kappa shape index (κ1) is 21.9. The third kappa shape index (κ3) is 4.94. The van der Waals surface area contributed by atoms with Crippen LogP contribution >= 0.6 is 12.4 Å². The first-order chi connectivity index (χ1) is 11.1. The van der Waals surface area contributed by atoms with Crippen LogP contribution in [-0.2, 0) is 14.8 Å². The van der Waals surface area contributed by atoms with Crippen LogP contribution in [0, 0.1) is 12.8 Å². The van der Waals surface area contributed by atoms with Gasteiger partial charge in [0.15, 0.2) is 0 Å². The Morgan fingerprint density at radius 2 is 1.96 bits per heavy atom. The second-order valence-electron chi connectivity index (χ2n) is 6.85. The lowest BCUT2D eigenvalue weighted by molar-refractivity contribution is -0.119. The van der Waals surface area contributed by atoms with E-state index in [4.69, 9.17) is 5.73 Å². The molecule has 1 fully saturated rings. The molecule has 2 rings (SSSR count). The van der Waals surface area contributed by atoms with E-state index in [1.165, 1.54) is 10.4 Å². The van der Waals surface area contributed by atoms with Crippen molar-refractivity contribution in [1.82, 2.24) is 4.31 Å². The predicted octanol–water partition coefficient (Wildman–Crippen LogP) is 2.51. The molecule has 0 aliphatic heterocycles. The van der Waals surface area contributed by atoms with Gasteiger partial charge >= 0.3 is 0 Å². The molecule has 1 aliphatic rings. The smallest absolute Gasteiger partial charge is 0.243 e. The van der Waals surface area contributed by atoms with Crippen LogP contribution in [0.3, 0.4) is 0 Å². The molecule has 6 nitrogen and oxygen atoms in total. The van der Waals surface area contributed by atoms with Gasteiger partial charge < -0.3 is 11.1 Å². The zero-order valence-corrected chi connectivity index (χ0v) is 16.8. The summed E-state index contributed by atoms with van der Waals surface area (Å²) in [5.74, 6) is -0.184. The molecule has 2 unspecified atom stereocenters. The first-order valence-corrected chi connectivity index (χ1v) is 9.72. The average molecular weight is 390 g/mol. The van der Waals surface area contributed by atoms with Crippen molar-refractivity contribution < 1.29 is 13.2 Å². The molecule has 0 bridgehead atoms. The van der Waals surface area contributed by atoms with Gasteiger partial charge in [-0.05, 0) is 57.7 Å². The highest BCUT2D eigenvalue weighted by Gasteiger charge is 2.29. The summed E-state index contributed by atoms with van der Waals surface area (Å²) in [4.78, 5) is 12.6. The fourth-order valence-corrected chi connectivity index (χ4v) is 4.22. The molecular weight excluding hydrogens is 362 g/mol. The molecule has 0 radical (unpaired) electrons. The van der Waals surface area contributed by atoms with Crippen molar-refractivity contribution in [3.8, 4) is 0 Å². The van der Waals surface area contributed by atoms with Gasteiger partial charge in [0, 0.05) is 30.7 Å². The van der Waals surface area contributed by atoms with Crippen LogP contribution in [0.5, 0.6) is 0 Å². The lowest BCUT2D eigenvalue weighted by Crippen LogP contribution is -2.33. The Morgan fingerprint density at radius 3 is 2.48 bits per heavy atom. The molecular formula is C17H28ClN3O3S. The summed E-state index contributed by atoms with van der Waals surface area (Å²) in [6, 6.07) is 4.76. The fraction of sp³-hybridized carbons (Fsp3) is 0.588. The Labute approximate surface area is 156 Å². The number of rotatable bonds is 5. The number of sulfonamides is 1. The summed E-state index contributed by atoms with van der Waals surface area (Å²) >= 11 is 0. The fourth-order valence-electron chi connectivity index (χ4n) is 2.83. The molecule has 1 aromatic rings. The molecule has 0 aromatic heterocycles. The molecule has 1 amide bonds. The van der Waals surface area contributed by atoms with Gasteiger partial charge in [-0.2, -0.15) is 4.31 Å². The Morgan fingerprint density at radius 1 is 1.32 bits per heavy atom. The average Bonchev–Trinajstić information content (AvgIpc) is 2.95. The lowest BCUT2D eigenvalue weighted by Gasteiger charge is -2.22. The van der Waals surface area contributed by atoms with Crippen LogP contribution in [0.25, 0.3) is 0 Å². The monoisotopic (exact) mass is 389 g/mol. The third-order valence-corrected chi connectivity index (χ3v) is 6.74. The Bertz CT molecular complexity index is 722. The van der Waals surface area contributed by atoms with Crippen molar-refractivity contribution >= 4 is 34.0 Å². The Hall–Kier alpha value is -1.15. The molecule has 0 spiro atoms. The molecule has 3 N–H and O–H groups in total. The number of hydrogen-bond donors (Lipinski definition) is 2. The Kier molecular flexibility index (Phi) is 7.43. The summed E-state index contributed by atoms with van der Waals surface area (Å²) < 4.78 is 26.6. The van der Waals surface area contributed by atoms with Gasteiger partial charge in [0.05, 0.1) is 4.90 Å². The van der Waals surface area contributed by atoms with E-state index >= 15 is 0 Å². The summed E-state index contributed by atoms with van der Waals surface area (Å²) in [6.45, 7) is 5.48. The van der Waals surface area contributed by atoms with E-state index in [-0.39, 0.29) is 41.2 Å². The number of nitrogens with zero attached hydrogens (tertiary/aromatic N) is 1. The van der Waals surface area contributed by atoms with Crippen molar-refractivity contribution in [2.24, 2.45) is 11.7 Å². The first-order valence-electron chi connectivity index (χ1n) is 8.28. The van der Waals surface area contributed by atoms with Crippen LogP contribution in [0.2, 0.25) is 0 Å². The summed E-state index contributed by atoms with van der Waals surface area (Å²) in [6.07, 6.45) is 2.31. The van der Waals surface area contributed by atoms with Crippen LogP contribution in [-0.4, -0.2) is 37.8 Å². The predicted molar refractivity (Wildman–Crippen MR) is 102 cm³/mol. The van der Waals surface area contributed by atoms with Gasteiger partial charge in [-0.1, -0.05) is 6.07 Å². The standard InChI is InChI=1S/C17H27N3O3S.ClH/c1-11(2)20(4)24(22,23)15-8-5-12(3)16(10-15)19-17(21)13-6-7-14(18)9-13;/h5,8,10-11,13-14H,6-7,9,18H2,1-4H3,(H,19,21);1H. The second kappa shape index (κ2) is 8.49. The molecule has 25 heavy (non-hydrogen) atoms. The van der Waals surface area contributed by atoms with E-state index in [9.17, 15) is 13.2 Å². The molecule has 1 aromatic carbocycles. The van der Waals surface area contributed by atoms with Crippen molar-refractivity contribution in [3.63, 3.8) is 0 Å². The quantitative estimate of drug-likeness (QED) is 0.809. The van der Waals surface area contributed by atoms with E-state index in [1.807, 2.05) is 20.8 Å². The van der Waals surface area contributed by atoms with Crippen molar-refractivity contribution in [1.29, 1.82) is 0 Å². The zero-order valence-electron chi connectivity index (χ0n) is 15.2. The largest absolute Gasteiger partial charge is 0.328 e. The number of aryl methyl sites for hydroxylation is 1. The lowest BCUT2D eigenvalue weighted by atomic mass is 10.1. The summed E-state index contributed by atoms with van der Waals surface area (Å²) in [7, 11) is -2.03. The van der Waals surface area contributed by atoms with Gasteiger partial charge in [-0.25, -0.2) is 8.42 Å². The van der Waals surface area contributed by atoms with E-state index in [1.54, 1.807) is 19.2 Å². The summed E-state index contributed by atoms with van der Waals surface area (Å²) in [5, 5.41) is 2.88. The number of carbonyl (C=O) groups is 1. The molecule has 142 valence electrons. The maximum atomic E-state index is 12.6. The van der Waals surface area contributed by atoms with Crippen molar-refractivity contribution in [3.05, 3.63) is 23.8 Å². The number of nitrogens with one attached hydrogen (secondary N) is 1. The highest BCUT2D eigenvalue weighted by Crippen LogP contribution is 2.28. The van der Waals surface area contributed by atoms with Gasteiger partial charge in [-0.3, -0.25) is 4.79 Å². The number of hydrogen-bond acceptors (Lipinski definition) is 4. The van der Waals surface area contributed by atoms with E-state index < -0.39 is 10.0 Å². The minimum absolute atomic E-state index is 0. The van der Waals surface area contributed by atoms with Crippen LogP contribution in [0.4, 0.5) is 5.69 Å². The van der Waals surface area contributed by atoms with Crippen LogP contribution in [0.1, 0.15) is 38.7 Å². The highest BCUT2D eigenvalue weighted by molar-refractivity contribution is 7.89.